The van der Waals surface area contributed by atoms with Gasteiger partial charge in [-0.25, -0.2) is 4.79 Å². The summed E-state index contributed by atoms with van der Waals surface area (Å²) in [5.41, 5.74) is 0.423. The Morgan fingerprint density at radius 3 is 2.52 bits per heavy atom. The molecule has 5 N–H and O–H groups in total. The first-order chi connectivity index (χ1) is 10.9. The molecule has 23 heavy (non-hydrogen) atoms. The van der Waals surface area contributed by atoms with Crippen LogP contribution in [-0.4, -0.2) is 68.8 Å². The summed E-state index contributed by atoms with van der Waals surface area (Å²) in [6, 6.07) is 6.43. The highest BCUT2D eigenvalue weighted by Gasteiger charge is 2.44. The minimum atomic E-state index is -1.55. The van der Waals surface area contributed by atoms with Gasteiger partial charge in [-0.1, -0.05) is 18.2 Å². The SMILES string of the molecule is O=C(O)/C=C/c1ccccc1OC1O[C@H](CO)[C@@H](O)[C@H](O)[C@H]1O. The lowest BCUT2D eigenvalue weighted by molar-refractivity contribution is -0.277. The zero-order chi connectivity index (χ0) is 17.0. The average molecular weight is 326 g/mol. The molecule has 1 saturated heterocycles. The average Bonchev–Trinajstić information content (AvgIpc) is 2.54. The quantitative estimate of drug-likeness (QED) is 0.433. The Labute approximate surface area is 131 Å². The minimum absolute atomic E-state index is 0.217. The molecule has 1 aromatic rings. The Balaban J connectivity index is 2.19. The molecule has 1 aliphatic heterocycles. The summed E-state index contributed by atoms with van der Waals surface area (Å²) in [5.74, 6) is -0.915. The maximum atomic E-state index is 10.6. The van der Waals surface area contributed by atoms with Gasteiger partial charge in [0.2, 0.25) is 6.29 Å². The monoisotopic (exact) mass is 326 g/mol. The van der Waals surface area contributed by atoms with E-state index < -0.39 is 43.3 Å². The van der Waals surface area contributed by atoms with Crippen LogP contribution >= 0.6 is 0 Å². The van der Waals surface area contributed by atoms with Crippen LogP contribution in [0.2, 0.25) is 0 Å². The number of rotatable bonds is 5. The molecular formula is C15H18O8. The van der Waals surface area contributed by atoms with Gasteiger partial charge in [-0.05, 0) is 12.1 Å². The Morgan fingerprint density at radius 1 is 1.17 bits per heavy atom. The number of hydrogen-bond donors (Lipinski definition) is 5. The lowest BCUT2D eigenvalue weighted by Crippen LogP contribution is -2.60. The van der Waals surface area contributed by atoms with E-state index >= 15 is 0 Å². The first-order valence-corrected chi connectivity index (χ1v) is 6.91. The van der Waals surface area contributed by atoms with E-state index in [1.165, 1.54) is 12.1 Å². The fourth-order valence-corrected chi connectivity index (χ4v) is 2.18. The van der Waals surface area contributed by atoms with Crippen molar-refractivity contribution in [1.29, 1.82) is 0 Å². The summed E-state index contributed by atoms with van der Waals surface area (Å²) < 4.78 is 10.7. The summed E-state index contributed by atoms with van der Waals surface area (Å²) in [6.07, 6.45) is -4.74. The van der Waals surface area contributed by atoms with E-state index in [4.69, 9.17) is 19.7 Å². The number of benzene rings is 1. The van der Waals surface area contributed by atoms with Crippen LogP contribution in [0.15, 0.2) is 30.3 Å². The number of hydrogen-bond acceptors (Lipinski definition) is 7. The van der Waals surface area contributed by atoms with E-state index in [-0.39, 0.29) is 5.75 Å². The van der Waals surface area contributed by atoms with Gasteiger partial charge in [0.15, 0.2) is 0 Å². The van der Waals surface area contributed by atoms with Crippen LogP contribution in [0.3, 0.4) is 0 Å². The van der Waals surface area contributed by atoms with Crippen LogP contribution in [-0.2, 0) is 9.53 Å². The largest absolute Gasteiger partial charge is 0.478 e. The molecule has 2 rings (SSSR count). The van der Waals surface area contributed by atoms with Gasteiger partial charge >= 0.3 is 5.97 Å². The Bertz CT molecular complexity index is 570. The van der Waals surface area contributed by atoms with Gasteiger partial charge in [0.05, 0.1) is 6.61 Å². The van der Waals surface area contributed by atoms with Crippen molar-refractivity contribution < 1.29 is 39.8 Å². The van der Waals surface area contributed by atoms with Crippen LogP contribution in [0.4, 0.5) is 0 Å². The van der Waals surface area contributed by atoms with Crippen molar-refractivity contribution in [2.75, 3.05) is 6.61 Å². The van der Waals surface area contributed by atoms with E-state index in [0.29, 0.717) is 5.56 Å². The molecule has 0 spiro atoms. The highest BCUT2D eigenvalue weighted by atomic mass is 16.7. The number of aliphatic hydroxyl groups is 4. The number of carbonyl (C=O) groups is 1. The highest BCUT2D eigenvalue weighted by Crippen LogP contribution is 2.27. The second-order valence-corrected chi connectivity index (χ2v) is 5.02. The predicted octanol–water partition coefficient (Wildman–Crippen LogP) is -1.04. The van der Waals surface area contributed by atoms with E-state index in [1.54, 1.807) is 18.2 Å². The molecule has 1 aliphatic rings. The first kappa shape index (κ1) is 17.4. The zero-order valence-electron chi connectivity index (χ0n) is 12.0. The summed E-state index contributed by atoms with van der Waals surface area (Å²) in [5, 5.41) is 47.2. The summed E-state index contributed by atoms with van der Waals surface area (Å²) in [7, 11) is 0. The van der Waals surface area contributed by atoms with Gasteiger partial charge in [-0.3, -0.25) is 0 Å². The lowest BCUT2D eigenvalue weighted by Gasteiger charge is -2.39. The van der Waals surface area contributed by atoms with Gasteiger partial charge in [0.1, 0.15) is 30.2 Å². The van der Waals surface area contributed by atoms with E-state index in [2.05, 4.69) is 0 Å². The first-order valence-electron chi connectivity index (χ1n) is 6.91. The molecule has 1 fully saturated rings. The van der Waals surface area contributed by atoms with E-state index in [1.807, 2.05) is 0 Å². The van der Waals surface area contributed by atoms with Gasteiger partial charge in [0, 0.05) is 11.6 Å². The standard InChI is InChI=1S/C15H18O8/c16-7-10-12(19)13(20)14(21)15(23-10)22-9-4-2-1-3-8(9)5-6-11(17)18/h1-6,10,12-16,19-21H,7H2,(H,17,18)/b6-5+/t10-,12-,13+,14-,15?/m1/s1. The third-order valence-electron chi connectivity index (χ3n) is 3.42. The highest BCUT2D eigenvalue weighted by molar-refractivity contribution is 5.85. The van der Waals surface area contributed by atoms with Crippen molar-refractivity contribution in [2.24, 2.45) is 0 Å². The van der Waals surface area contributed by atoms with E-state index in [9.17, 15) is 20.1 Å². The van der Waals surface area contributed by atoms with Gasteiger partial charge in [-0.2, -0.15) is 0 Å². The van der Waals surface area contributed by atoms with Crippen molar-refractivity contribution in [3.05, 3.63) is 35.9 Å². The molecule has 5 atom stereocenters. The molecular weight excluding hydrogens is 308 g/mol. The van der Waals surface area contributed by atoms with Gasteiger partial charge in [-0.15, -0.1) is 0 Å². The van der Waals surface area contributed by atoms with Crippen molar-refractivity contribution in [3.63, 3.8) is 0 Å². The second-order valence-electron chi connectivity index (χ2n) is 5.02. The van der Waals surface area contributed by atoms with Crippen LogP contribution < -0.4 is 4.74 Å². The third-order valence-corrected chi connectivity index (χ3v) is 3.42. The smallest absolute Gasteiger partial charge is 0.328 e. The van der Waals surface area contributed by atoms with Crippen molar-refractivity contribution >= 4 is 12.0 Å². The Kier molecular flexibility index (Phi) is 5.69. The molecule has 1 heterocycles. The lowest BCUT2D eigenvalue weighted by atomic mass is 9.99. The zero-order valence-corrected chi connectivity index (χ0v) is 12.0. The molecule has 1 aromatic carbocycles. The summed E-state index contributed by atoms with van der Waals surface area (Å²) >= 11 is 0. The Morgan fingerprint density at radius 2 is 1.87 bits per heavy atom. The number of para-hydroxylation sites is 1. The number of aliphatic hydroxyl groups excluding tert-OH is 4. The van der Waals surface area contributed by atoms with E-state index in [0.717, 1.165) is 6.08 Å². The molecule has 0 aromatic heterocycles. The van der Waals surface area contributed by atoms with Crippen LogP contribution in [0.25, 0.3) is 6.08 Å². The predicted molar refractivity (Wildman–Crippen MR) is 77.5 cm³/mol. The van der Waals surface area contributed by atoms with Crippen LogP contribution in [0.5, 0.6) is 5.75 Å². The molecule has 126 valence electrons. The number of carboxylic acid groups (broad SMARTS) is 1. The summed E-state index contributed by atoms with van der Waals surface area (Å²) in [4.78, 5) is 10.6. The molecule has 0 amide bonds. The fourth-order valence-electron chi connectivity index (χ4n) is 2.18. The number of ether oxygens (including phenoxy) is 2. The molecule has 0 aliphatic carbocycles. The molecule has 0 saturated carbocycles. The molecule has 0 radical (unpaired) electrons. The topological polar surface area (TPSA) is 137 Å². The van der Waals surface area contributed by atoms with Crippen molar-refractivity contribution in [2.45, 2.75) is 30.7 Å². The van der Waals surface area contributed by atoms with Gasteiger partial charge in [0.25, 0.3) is 0 Å². The van der Waals surface area contributed by atoms with Crippen molar-refractivity contribution in [1.82, 2.24) is 0 Å². The second kappa shape index (κ2) is 7.53. The molecule has 8 nitrogen and oxygen atoms in total. The molecule has 8 heteroatoms. The normalized spacial score (nSPS) is 31.2. The van der Waals surface area contributed by atoms with Crippen molar-refractivity contribution in [3.8, 4) is 5.75 Å². The molecule has 1 unspecified atom stereocenters. The Hall–Kier alpha value is -1.97. The van der Waals surface area contributed by atoms with Crippen LogP contribution in [0, 0.1) is 0 Å². The maximum Gasteiger partial charge on any atom is 0.328 e. The molecule has 0 bridgehead atoms. The minimum Gasteiger partial charge on any atom is -0.478 e. The maximum absolute atomic E-state index is 10.6. The third kappa shape index (κ3) is 4.06. The van der Waals surface area contributed by atoms with Gasteiger partial charge < -0.3 is 35.0 Å². The number of carboxylic acids is 1. The number of aliphatic carboxylic acids is 1. The fraction of sp³-hybridized carbons (Fsp3) is 0.400. The van der Waals surface area contributed by atoms with Crippen LogP contribution in [0.1, 0.15) is 5.56 Å². The summed E-state index contributed by atoms with van der Waals surface area (Å²) in [6.45, 7) is -0.564.